The highest BCUT2D eigenvalue weighted by molar-refractivity contribution is 7.99. The van der Waals surface area contributed by atoms with Gasteiger partial charge in [-0.2, -0.15) is 11.8 Å². The van der Waals surface area contributed by atoms with Crippen molar-refractivity contribution in [3.05, 3.63) is 0 Å². The van der Waals surface area contributed by atoms with Crippen molar-refractivity contribution in [1.82, 2.24) is 4.90 Å². The first-order chi connectivity index (χ1) is 10.1. The smallest absolute Gasteiger partial charge is 0.311 e. The van der Waals surface area contributed by atoms with E-state index in [9.17, 15) is 14.7 Å². The molecule has 21 heavy (non-hydrogen) atoms. The second-order valence-electron chi connectivity index (χ2n) is 5.97. The summed E-state index contributed by atoms with van der Waals surface area (Å²) in [5, 5.41) is 9.57. The van der Waals surface area contributed by atoms with Gasteiger partial charge in [0.25, 0.3) is 0 Å². The lowest BCUT2D eigenvalue weighted by molar-refractivity contribution is -0.157. The average Bonchev–Trinajstić information content (AvgIpc) is 2.88. The Hall–Kier alpha value is -0.750. The van der Waals surface area contributed by atoms with Crippen LogP contribution in [0.4, 0.5) is 0 Å². The number of amides is 1. The first-order valence-electron chi connectivity index (χ1n) is 7.77. The van der Waals surface area contributed by atoms with E-state index >= 15 is 0 Å². The van der Waals surface area contributed by atoms with Crippen molar-refractivity contribution >= 4 is 23.6 Å². The van der Waals surface area contributed by atoms with E-state index in [2.05, 4.69) is 6.92 Å². The van der Waals surface area contributed by atoms with Gasteiger partial charge in [-0.15, -0.1) is 0 Å². The number of ether oxygens (including phenoxy) is 1. The number of likely N-dealkylation sites (tertiary alicyclic amines) is 1. The van der Waals surface area contributed by atoms with Crippen LogP contribution in [0.2, 0.25) is 0 Å². The summed E-state index contributed by atoms with van der Waals surface area (Å²) in [6, 6.07) is 0. The van der Waals surface area contributed by atoms with Crippen LogP contribution in [0.3, 0.4) is 0 Å². The maximum Gasteiger partial charge on any atom is 0.311 e. The lowest BCUT2D eigenvalue weighted by Crippen LogP contribution is -2.45. The largest absolute Gasteiger partial charge is 0.481 e. The molecule has 0 saturated carbocycles. The van der Waals surface area contributed by atoms with Crippen LogP contribution < -0.4 is 0 Å². The summed E-state index contributed by atoms with van der Waals surface area (Å²) >= 11 is 1.81. The third kappa shape index (κ3) is 3.72. The Morgan fingerprint density at radius 1 is 1.43 bits per heavy atom. The summed E-state index contributed by atoms with van der Waals surface area (Å²) in [7, 11) is 0. The van der Waals surface area contributed by atoms with Gasteiger partial charge >= 0.3 is 5.97 Å². The third-order valence-corrected chi connectivity index (χ3v) is 5.66. The number of hydrogen-bond donors (Lipinski definition) is 1. The molecular weight excluding hydrogens is 290 g/mol. The predicted molar refractivity (Wildman–Crippen MR) is 82.4 cm³/mol. The van der Waals surface area contributed by atoms with Gasteiger partial charge in [0.1, 0.15) is 0 Å². The van der Waals surface area contributed by atoms with Gasteiger partial charge in [-0.1, -0.05) is 13.3 Å². The summed E-state index contributed by atoms with van der Waals surface area (Å²) < 4.78 is 5.41. The van der Waals surface area contributed by atoms with Crippen LogP contribution in [-0.2, 0) is 14.3 Å². The number of aliphatic carboxylic acids is 1. The number of hydrogen-bond acceptors (Lipinski definition) is 4. The van der Waals surface area contributed by atoms with Crippen LogP contribution in [0.15, 0.2) is 0 Å². The second-order valence-corrected chi connectivity index (χ2v) is 7.20. The van der Waals surface area contributed by atoms with E-state index < -0.39 is 11.4 Å². The van der Waals surface area contributed by atoms with Crippen LogP contribution in [0.25, 0.3) is 0 Å². The molecule has 0 spiro atoms. The fraction of sp³-hybridized carbons (Fsp3) is 0.867. The Morgan fingerprint density at radius 2 is 2.24 bits per heavy atom. The molecule has 1 N–H and O–H groups in total. The summed E-state index contributed by atoms with van der Waals surface area (Å²) in [4.78, 5) is 25.7. The topological polar surface area (TPSA) is 66.8 Å². The SMILES string of the molecule is CCCCSCCC(=O)N1C[C@H]2COCC[C@@]2(C(=O)O)C1. The third-order valence-electron chi connectivity index (χ3n) is 4.59. The van der Waals surface area contributed by atoms with E-state index in [0.717, 1.165) is 11.5 Å². The second kappa shape index (κ2) is 7.49. The molecule has 0 aromatic rings. The molecule has 0 aromatic carbocycles. The Morgan fingerprint density at radius 3 is 2.90 bits per heavy atom. The summed E-state index contributed by atoms with van der Waals surface area (Å²) in [5.74, 6) is 1.19. The van der Waals surface area contributed by atoms with Crippen molar-refractivity contribution in [3.8, 4) is 0 Å². The van der Waals surface area contributed by atoms with Crippen molar-refractivity contribution in [3.63, 3.8) is 0 Å². The van der Waals surface area contributed by atoms with Crippen molar-refractivity contribution < 1.29 is 19.4 Å². The molecule has 2 heterocycles. The van der Waals surface area contributed by atoms with E-state index in [1.165, 1.54) is 12.8 Å². The summed E-state index contributed by atoms with van der Waals surface area (Å²) in [6.45, 7) is 3.99. The van der Waals surface area contributed by atoms with Crippen LogP contribution in [0.5, 0.6) is 0 Å². The molecule has 2 fully saturated rings. The molecule has 5 nitrogen and oxygen atoms in total. The van der Waals surface area contributed by atoms with Crippen molar-refractivity contribution in [1.29, 1.82) is 0 Å². The standard InChI is InChI=1S/C15H25NO4S/c1-2-3-7-21-8-4-13(17)16-9-12-10-20-6-5-15(12,11-16)14(18)19/h12H,2-11H2,1H3,(H,18,19)/t12-,15+/m0/s1. The van der Waals surface area contributed by atoms with Gasteiger partial charge in [-0.25, -0.2) is 0 Å². The Bertz CT molecular complexity index is 390. The molecule has 0 unspecified atom stereocenters. The Labute approximate surface area is 130 Å². The number of nitrogens with zero attached hydrogens (tertiary/aromatic N) is 1. The monoisotopic (exact) mass is 315 g/mol. The number of carboxylic acid groups (broad SMARTS) is 1. The van der Waals surface area contributed by atoms with Crippen molar-refractivity contribution in [2.45, 2.75) is 32.6 Å². The first-order valence-corrected chi connectivity index (χ1v) is 8.92. The van der Waals surface area contributed by atoms with E-state index in [0.29, 0.717) is 39.1 Å². The minimum absolute atomic E-state index is 0.0551. The number of unbranched alkanes of at least 4 members (excludes halogenated alkanes) is 1. The van der Waals surface area contributed by atoms with Crippen LogP contribution in [0.1, 0.15) is 32.6 Å². The molecule has 0 aliphatic carbocycles. The number of fused-ring (bicyclic) bond motifs is 1. The number of carbonyl (C=O) groups is 2. The minimum Gasteiger partial charge on any atom is -0.481 e. The Kier molecular flexibility index (Phi) is 5.93. The zero-order chi connectivity index (χ0) is 15.3. The summed E-state index contributed by atoms with van der Waals surface area (Å²) in [5.41, 5.74) is -0.775. The van der Waals surface area contributed by atoms with Crippen LogP contribution in [0, 0.1) is 11.3 Å². The first kappa shape index (κ1) is 16.6. The zero-order valence-corrected chi connectivity index (χ0v) is 13.5. The molecule has 0 radical (unpaired) electrons. The van der Waals surface area contributed by atoms with Gasteiger partial charge in [-0.3, -0.25) is 9.59 Å². The minimum atomic E-state index is -0.775. The van der Waals surface area contributed by atoms with Gasteiger partial charge in [-0.05, 0) is 18.6 Å². The molecule has 0 aromatic heterocycles. The highest BCUT2D eigenvalue weighted by Crippen LogP contribution is 2.42. The van der Waals surface area contributed by atoms with Gasteiger partial charge in [0.2, 0.25) is 5.91 Å². The molecule has 6 heteroatoms. The molecule has 0 bridgehead atoms. The quantitative estimate of drug-likeness (QED) is 0.726. The van der Waals surface area contributed by atoms with Crippen molar-refractivity contribution in [2.24, 2.45) is 11.3 Å². The lowest BCUT2D eigenvalue weighted by Gasteiger charge is -2.33. The van der Waals surface area contributed by atoms with Gasteiger partial charge in [0, 0.05) is 37.8 Å². The molecule has 2 aliphatic rings. The van der Waals surface area contributed by atoms with E-state index in [1.54, 1.807) is 4.90 Å². The number of carboxylic acids is 1. The molecule has 2 aliphatic heterocycles. The molecular formula is C15H25NO4S. The number of rotatable bonds is 7. The lowest BCUT2D eigenvalue weighted by atomic mass is 9.74. The van der Waals surface area contributed by atoms with Crippen molar-refractivity contribution in [2.75, 3.05) is 37.8 Å². The average molecular weight is 315 g/mol. The van der Waals surface area contributed by atoms with Crippen LogP contribution >= 0.6 is 11.8 Å². The van der Waals surface area contributed by atoms with Gasteiger partial charge in [0.05, 0.1) is 12.0 Å². The van der Waals surface area contributed by atoms with E-state index in [1.807, 2.05) is 11.8 Å². The molecule has 2 atom stereocenters. The van der Waals surface area contributed by atoms with Gasteiger partial charge < -0.3 is 14.7 Å². The fourth-order valence-corrected chi connectivity index (χ4v) is 4.17. The maximum absolute atomic E-state index is 12.3. The van der Waals surface area contributed by atoms with E-state index in [-0.39, 0.29) is 11.8 Å². The normalized spacial score (nSPS) is 28.4. The molecule has 120 valence electrons. The molecule has 2 saturated heterocycles. The van der Waals surface area contributed by atoms with Gasteiger partial charge in [0.15, 0.2) is 0 Å². The maximum atomic E-state index is 12.3. The van der Waals surface area contributed by atoms with Crippen LogP contribution in [-0.4, -0.2) is 59.7 Å². The van der Waals surface area contributed by atoms with E-state index in [4.69, 9.17) is 4.74 Å². The number of carbonyl (C=O) groups excluding carboxylic acids is 1. The highest BCUT2D eigenvalue weighted by Gasteiger charge is 2.54. The fourth-order valence-electron chi connectivity index (χ4n) is 3.16. The molecule has 1 amide bonds. The number of thioether (sulfide) groups is 1. The Balaban J connectivity index is 1.85. The predicted octanol–water partition coefficient (Wildman–Crippen LogP) is 1.86. The zero-order valence-electron chi connectivity index (χ0n) is 12.7. The highest BCUT2D eigenvalue weighted by atomic mass is 32.2. The summed E-state index contributed by atoms with van der Waals surface area (Å²) in [6.07, 6.45) is 3.39. The molecule has 2 rings (SSSR count).